The Morgan fingerprint density at radius 1 is 1.10 bits per heavy atom. The molecule has 30 heavy (non-hydrogen) atoms. The molecule has 0 unspecified atom stereocenters. The van der Waals surface area contributed by atoms with E-state index in [9.17, 15) is 14.4 Å². The molecule has 0 atom stereocenters. The Labute approximate surface area is 170 Å². The number of ether oxygens (including phenoxy) is 1. The predicted octanol–water partition coefficient (Wildman–Crippen LogP) is 3.21. The monoisotopic (exact) mass is 403 g/mol. The Morgan fingerprint density at radius 3 is 2.63 bits per heavy atom. The summed E-state index contributed by atoms with van der Waals surface area (Å²) < 4.78 is 11.8. The minimum Gasteiger partial charge on any atom is -0.459 e. The lowest BCUT2D eigenvalue weighted by molar-refractivity contribution is 0.0467. The number of furan rings is 1. The van der Waals surface area contributed by atoms with Crippen LogP contribution in [0.5, 0.6) is 0 Å². The van der Waals surface area contributed by atoms with Gasteiger partial charge in [-0.15, -0.1) is 0 Å². The zero-order valence-corrected chi connectivity index (χ0v) is 16.0. The molecule has 0 radical (unpaired) electrons. The number of aromatic nitrogens is 2. The largest absolute Gasteiger partial charge is 0.459 e. The first-order valence-electron chi connectivity index (χ1n) is 9.11. The molecule has 4 rings (SSSR count). The van der Waals surface area contributed by atoms with Gasteiger partial charge in [-0.1, -0.05) is 6.07 Å². The minimum atomic E-state index is -0.565. The lowest BCUT2D eigenvalue weighted by atomic mass is 10.2. The predicted molar refractivity (Wildman–Crippen MR) is 108 cm³/mol. The molecule has 0 bridgehead atoms. The van der Waals surface area contributed by atoms with Gasteiger partial charge < -0.3 is 14.5 Å². The lowest BCUT2D eigenvalue weighted by Gasteiger charge is -2.08. The molecule has 0 fully saturated rings. The van der Waals surface area contributed by atoms with Crippen LogP contribution in [-0.2, 0) is 11.3 Å². The van der Waals surface area contributed by atoms with Gasteiger partial charge in [0.05, 0.1) is 17.5 Å². The van der Waals surface area contributed by atoms with Gasteiger partial charge >= 0.3 is 5.97 Å². The molecular weight excluding hydrogens is 386 g/mol. The van der Waals surface area contributed by atoms with Crippen LogP contribution in [0.4, 0.5) is 5.69 Å². The Kier molecular flexibility index (Phi) is 5.13. The fraction of sp³-hybridized carbons (Fsp3) is 0.0909. The Morgan fingerprint density at radius 2 is 1.90 bits per heavy atom. The highest BCUT2D eigenvalue weighted by Gasteiger charge is 2.12. The Balaban J connectivity index is 1.41. The van der Waals surface area contributed by atoms with Crippen molar-refractivity contribution < 1.29 is 18.7 Å². The molecule has 0 saturated carbocycles. The second-order valence-corrected chi connectivity index (χ2v) is 6.53. The third-order valence-electron chi connectivity index (χ3n) is 4.41. The molecule has 150 valence electrons. The van der Waals surface area contributed by atoms with E-state index in [-0.39, 0.29) is 23.8 Å². The number of aryl methyl sites for hydroxylation is 1. The van der Waals surface area contributed by atoms with Crippen LogP contribution in [0.2, 0.25) is 0 Å². The number of rotatable bonds is 5. The standard InChI is InChI=1S/C22H17N3O5/c1-14-4-2-6-19-23-17(12-20(26)25(14)19)13-30-22(28)15-7-9-16(10-8-15)24-21(27)18-5-3-11-29-18/h2-12H,13H2,1H3,(H,24,27). The van der Waals surface area contributed by atoms with Gasteiger partial charge in [-0.25, -0.2) is 9.78 Å². The van der Waals surface area contributed by atoms with Crippen molar-refractivity contribution in [1.82, 2.24) is 9.38 Å². The van der Waals surface area contributed by atoms with Gasteiger partial charge in [0.25, 0.3) is 11.5 Å². The van der Waals surface area contributed by atoms with Crippen molar-refractivity contribution in [2.75, 3.05) is 5.32 Å². The van der Waals surface area contributed by atoms with E-state index in [1.807, 2.05) is 13.0 Å². The van der Waals surface area contributed by atoms with Crippen molar-refractivity contribution in [2.45, 2.75) is 13.5 Å². The van der Waals surface area contributed by atoms with Gasteiger partial charge in [-0.3, -0.25) is 14.0 Å². The minimum absolute atomic E-state index is 0.129. The maximum atomic E-state index is 12.3. The second-order valence-electron chi connectivity index (χ2n) is 6.53. The fourth-order valence-electron chi connectivity index (χ4n) is 2.95. The normalized spacial score (nSPS) is 10.7. The molecule has 0 spiro atoms. The number of benzene rings is 1. The highest BCUT2D eigenvalue weighted by atomic mass is 16.5. The van der Waals surface area contributed by atoms with Crippen LogP contribution in [0.15, 0.2) is 76.1 Å². The number of pyridine rings is 1. The van der Waals surface area contributed by atoms with Crippen LogP contribution in [-0.4, -0.2) is 21.3 Å². The van der Waals surface area contributed by atoms with Crippen molar-refractivity contribution in [3.05, 3.63) is 100.0 Å². The van der Waals surface area contributed by atoms with E-state index in [0.29, 0.717) is 22.6 Å². The van der Waals surface area contributed by atoms with Gasteiger partial charge in [-0.2, -0.15) is 0 Å². The van der Waals surface area contributed by atoms with Crippen LogP contribution in [0.3, 0.4) is 0 Å². The summed E-state index contributed by atoms with van der Waals surface area (Å²) in [5.74, 6) is -0.767. The highest BCUT2D eigenvalue weighted by Crippen LogP contribution is 2.13. The highest BCUT2D eigenvalue weighted by molar-refractivity contribution is 6.02. The number of carbonyl (C=O) groups is 2. The maximum Gasteiger partial charge on any atom is 0.338 e. The number of fused-ring (bicyclic) bond motifs is 1. The lowest BCUT2D eigenvalue weighted by Crippen LogP contribution is -2.18. The molecule has 0 saturated heterocycles. The second kappa shape index (κ2) is 8.04. The SMILES string of the molecule is Cc1cccc2nc(COC(=O)c3ccc(NC(=O)c4ccco4)cc3)cc(=O)n12. The van der Waals surface area contributed by atoms with E-state index in [1.165, 1.54) is 28.9 Å². The van der Waals surface area contributed by atoms with Crippen LogP contribution in [0.1, 0.15) is 32.3 Å². The summed E-state index contributed by atoms with van der Waals surface area (Å²) in [7, 11) is 0. The molecule has 1 amide bonds. The summed E-state index contributed by atoms with van der Waals surface area (Å²) in [5, 5.41) is 2.66. The first-order chi connectivity index (χ1) is 14.5. The molecular formula is C22H17N3O5. The zero-order valence-electron chi connectivity index (χ0n) is 16.0. The molecule has 3 heterocycles. The number of hydrogen-bond donors (Lipinski definition) is 1. The third kappa shape index (κ3) is 3.97. The van der Waals surface area contributed by atoms with Crippen LogP contribution in [0, 0.1) is 6.92 Å². The molecule has 3 aromatic heterocycles. The molecule has 1 aromatic carbocycles. The average molecular weight is 403 g/mol. The number of nitrogens with zero attached hydrogens (tertiary/aromatic N) is 2. The topological polar surface area (TPSA) is 103 Å². The van der Waals surface area contributed by atoms with E-state index >= 15 is 0 Å². The van der Waals surface area contributed by atoms with E-state index in [4.69, 9.17) is 9.15 Å². The number of esters is 1. The molecule has 1 N–H and O–H groups in total. The van der Waals surface area contributed by atoms with Crippen LogP contribution < -0.4 is 10.9 Å². The van der Waals surface area contributed by atoms with Gasteiger partial charge in [0.1, 0.15) is 12.3 Å². The Bertz CT molecular complexity index is 1270. The van der Waals surface area contributed by atoms with Crippen LogP contribution >= 0.6 is 0 Å². The van der Waals surface area contributed by atoms with Crippen molar-refractivity contribution in [1.29, 1.82) is 0 Å². The first kappa shape index (κ1) is 19.1. The van der Waals surface area contributed by atoms with E-state index in [1.54, 1.807) is 36.4 Å². The van der Waals surface area contributed by atoms with E-state index in [0.717, 1.165) is 5.69 Å². The van der Waals surface area contributed by atoms with Crippen LogP contribution in [0.25, 0.3) is 5.65 Å². The molecule has 4 aromatic rings. The number of carbonyl (C=O) groups excluding carboxylic acids is 2. The molecule has 8 nitrogen and oxygen atoms in total. The average Bonchev–Trinajstić information content (AvgIpc) is 3.27. The maximum absolute atomic E-state index is 12.3. The third-order valence-corrected chi connectivity index (χ3v) is 4.41. The summed E-state index contributed by atoms with van der Waals surface area (Å²) in [5.41, 5.74) is 2.20. The zero-order chi connectivity index (χ0) is 21.1. The molecule has 0 aliphatic heterocycles. The summed E-state index contributed by atoms with van der Waals surface area (Å²) >= 11 is 0. The molecule has 0 aliphatic rings. The van der Waals surface area contributed by atoms with Crippen molar-refractivity contribution >= 4 is 23.2 Å². The molecule has 8 heteroatoms. The fourth-order valence-corrected chi connectivity index (χ4v) is 2.95. The summed E-state index contributed by atoms with van der Waals surface area (Å²) in [6, 6.07) is 16.1. The van der Waals surface area contributed by atoms with E-state index in [2.05, 4.69) is 10.3 Å². The van der Waals surface area contributed by atoms with Gasteiger partial charge in [0.15, 0.2) is 5.76 Å². The van der Waals surface area contributed by atoms with E-state index < -0.39 is 5.97 Å². The summed E-state index contributed by atoms with van der Waals surface area (Å²) in [6.07, 6.45) is 1.41. The summed E-state index contributed by atoms with van der Waals surface area (Å²) in [4.78, 5) is 40.9. The summed E-state index contributed by atoms with van der Waals surface area (Å²) in [6.45, 7) is 1.69. The van der Waals surface area contributed by atoms with Crippen molar-refractivity contribution in [2.24, 2.45) is 0 Å². The van der Waals surface area contributed by atoms with Crippen molar-refractivity contribution in [3.63, 3.8) is 0 Å². The number of anilines is 1. The number of nitrogens with one attached hydrogen (secondary N) is 1. The smallest absolute Gasteiger partial charge is 0.338 e. The quantitative estimate of drug-likeness (QED) is 0.513. The van der Waals surface area contributed by atoms with Gasteiger partial charge in [-0.05, 0) is 55.5 Å². The first-order valence-corrected chi connectivity index (χ1v) is 9.11. The Hall–Kier alpha value is -4.20. The number of hydrogen-bond acceptors (Lipinski definition) is 6. The van der Waals surface area contributed by atoms with Crippen molar-refractivity contribution in [3.8, 4) is 0 Å². The number of amides is 1. The van der Waals surface area contributed by atoms with Gasteiger partial charge in [0.2, 0.25) is 0 Å². The van der Waals surface area contributed by atoms with Gasteiger partial charge in [0, 0.05) is 17.4 Å². The molecule has 0 aliphatic carbocycles.